The lowest BCUT2D eigenvalue weighted by Gasteiger charge is -2.36. The number of piperidine rings is 1. The maximum absolute atomic E-state index is 12.4. The van der Waals surface area contributed by atoms with Gasteiger partial charge in [0.2, 0.25) is 5.91 Å². The maximum Gasteiger partial charge on any atom is 0.303 e. The van der Waals surface area contributed by atoms with Crippen molar-refractivity contribution in [2.45, 2.75) is 57.9 Å². The van der Waals surface area contributed by atoms with Crippen LogP contribution < -0.4 is 5.32 Å². The number of carbonyl (C=O) groups excluding carboxylic acids is 1. The molecule has 5 nitrogen and oxygen atoms in total. The minimum absolute atomic E-state index is 0.0413. The van der Waals surface area contributed by atoms with E-state index in [1.807, 2.05) is 0 Å². The van der Waals surface area contributed by atoms with Crippen molar-refractivity contribution in [2.75, 3.05) is 20.1 Å². The molecule has 0 radical (unpaired) electrons. The second-order valence-electron chi connectivity index (χ2n) is 7.16. The van der Waals surface area contributed by atoms with E-state index in [0.29, 0.717) is 12.3 Å². The van der Waals surface area contributed by atoms with Crippen molar-refractivity contribution < 1.29 is 14.7 Å². The zero-order valence-corrected chi connectivity index (χ0v) is 13.2. The van der Waals surface area contributed by atoms with E-state index in [9.17, 15) is 9.59 Å². The van der Waals surface area contributed by atoms with Gasteiger partial charge in [0.1, 0.15) is 0 Å². The minimum atomic E-state index is -0.780. The predicted octanol–water partition coefficient (Wildman–Crippen LogP) is 1.87. The van der Waals surface area contributed by atoms with E-state index < -0.39 is 5.97 Å². The second kappa shape index (κ2) is 6.77. The van der Waals surface area contributed by atoms with Gasteiger partial charge in [-0.15, -0.1) is 0 Å². The van der Waals surface area contributed by atoms with Gasteiger partial charge in [-0.3, -0.25) is 9.59 Å². The van der Waals surface area contributed by atoms with Crippen LogP contribution in [0.25, 0.3) is 0 Å². The maximum atomic E-state index is 12.4. The predicted molar refractivity (Wildman–Crippen MR) is 81.0 cm³/mol. The summed E-state index contributed by atoms with van der Waals surface area (Å²) in [5.41, 5.74) is -0.301. The molecule has 1 amide bonds. The number of hydrogen-bond donors (Lipinski definition) is 2. The third-order valence-corrected chi connectivity index (χ3v) is 5.18. The summed E-state index contributed by atoms with van der Waals surface area (Å²) in [5.74, 6) is -0.288. The Morgan fingerprint density at radius 2 is 1.95 bits per heavy atom. The summed E-state index contributed by atoms with van der Waals surface area (Å²) in [6.07, 6.45) is 5.32. The second-order valence-corrected chi connectivity index (χ2v) is 7.16. The molecular weight excluding hydrogens is 268 g/mol. The molecule has 2 rings (SSSR count). The number of carboxylic acids is 1. The van der Waals surface area contributed by atoms with Crippen LogP contribution in [0.5, 0.6) is 0 Å². The van der Waals surface area contributed by atoms with Gasteiger partial charge in [-0.1, -0.05) is 19.8 Å². The molecule has 1 aliphatic carbocycles. The average molecular weight is 296 g/mol. The molecule has 0 aromatic carbocycles. The molecule has 2 atom stereocenters. The van der Waals surface area contributed by atoms with Gasteiger partial charge in [-0.05, 0) is 44.2 Å². The minimum Gasteiger partial charge on any atom is -0.481 e. The lowest BCUT2D eigenvalue weighted by atomic mass is 9.79. The van der Waals surface area contributed by atoms with Crippen molar-refractivity contribution in [2.24, 2.45) is 11.3 Å². The summed E-state index contributed by atoms with van der Waals surface area (Å²) in [5, 5.41) is 12.3. The van der Waals surface area contributed by atoms with Gasteiger partial charge in [-0.2, -0.15) is 0 Å². The monoisotopic (exact) mass is 296 g/mol. The van der Waals surface area contributed by atoms with Gasteiger partial charge in [0, 0.05) is 19.0 Å². The summed E-state index contributed by atoms with van der Waals surface area (Å²) < 4.78 is 0. The smallest absolute Gasteiger partial charge is 0.303 e. The van der Waals surface area contributed by atoms with Crippen LogP contribution in [0, 0.1) is 11.3 Å². The average Bonchev–Trinajstić information content (AvgIpc) is 2.80. The number of nitrogens with zero attached hydrogens (tertiary/aromatic N) is 1. The van der Waals surface area contributed by atoms with Crippen molar-refractivity contribution in [1.29, 1.82) is 0 Å². The van der Waals surface area contributed by atoms with E-state index in [1.54, 1.807) is 0 Å². The summed E-state index contributed by atoms with van der Waals surface area (Å²) in [6.45, 7) is 4.18. The van der Waals surface area contributed by atoms with Crippen molar-refractivity contribution in [3.8, 4) is 0 Å². The van der Waals surface area contributed by atoms with Crippen LogP contribution in [0.1, 0.15) is 51.9 Å². The molecule has 0 bridgehead atoms. The summed E-state index contributed by atoms with van der Waals surface area (Å²) in [7, 11) is 2.11. The van der Waals surface area contributed by atoms with E-state index >= 15 is 0 Å². The highest BCUT2D eigenvalue weighted by Gasteiger charge is 2.38. The first-order chi connectivity index (χ1) is 9.90. The Morgan fingerprint density at radius 3 is 2.52 bits per heavy atom. The van der Waals surface area contributed by atoms with Crippen LogP contribution in [0.2, 0.25) is 0 Å². The van der Waals surface area contributed by atoms with E-state index in [0.717, 1.165) is 45.2 Å². The zero-order valence-electron chi connectivity index (χ0n) is 13.2. The van der Waals surface area contributed by atoms with Crippen molar-refractivity contribution in [3.05, 3.63) is 0 Å². The Labute approximate surface area is 127 Å². The first-order valence-electron chi connectivity index (χ1n) is 8.10. The highest BCUT2D eigenvalue weighted by molar-refractivity contribution is 5.78. The van der Waals surface area contributed by atoms with E-state index in [4.69, 9.17) is 5.11 Å². The van der Waals surface area contributed by atoms with Crippen LogP contribution in [-0.4, -0.2) is 48.1 Å². The lowest BCUT2D eigenvalue weighted by molar-refractivity contribution is -0.140. The van der Waals surface area contributed by atoms with Crippen LogP contribution in [0.15, 0.2) is 0 Å². The van der Waals surface area contributed by atoms with Crippen LogP contribution in [0.3, 0.4) is 0 Å². The molecule has 0 spiro atoms. The number of carboxylic acid groups (broad SMARTS) is 1. The molecule has 1 heterocycles. The van der Waals surface area contributed by atoms with E-state index in [1.165, 1.54) is 0 Å². The van der Waals surface area contributed by atoms with E-state index in [2.05, 4.69) is 24.2 Å². The van der Waals surface area contributed by atoms with Gasteiger partial charge in [-0.25, -0.2) is 0 Å². The fourth-order valence-electron chi connectivity index (χ4n) is 4.03. The molecule has 120 valence electrons. The number of likely N-dealkylation sites (tertiary alicyclic amines) is 1. The Bertz CT molecular complexity index is 391. The van der Waals surface area contributed by atoms with Crippen molar-refractivity contribution in [1.82, 2.24) is 10.2 Å². The Balaban J connectivity index is 1.89. The van der Waals surface area contributed by atoms with Crippen molar-refractivity contribution in [3.63, 3.8) is 0 Å². The Morgan fingerprint density at radius 1 is 1.29 bits per heavy atom. The molecule has 0 aromatic heterocycles. The largest absolute Gasteiger partial charge is 0.481 e. The number of nitrogens with one attached hydrogen (secondary N) is 1. The fraction of sp³-hybridized carbons (Fsp3) is 0.875. The first kappa shape index (κ1) is 16.3. The summed E-state index contributed by atoms with van der Waals surface area (Å²) in [4.78, 5) is 25.7. The summed E-state index contributed by atoms with van der Waals surface area (Å²) in [6, 6.07) is 0.233. The first-order valence-corrected chi connectivity index (χ1v) is 8.10. The van der Waals surface area contributed by atoms with Gasteiger partial charge in [0.05, 0.1) is 6.42 Å². The molecule has 21 heavy (non-hydrogen) atoms. The fourth-order valence-corrected chi connectivity index (χ4v) is 4.03. The quantitative estimate of drug-likeness (QED) is 0.812. The molecule has 2 N–H and O–H groups in total. The highest BCUT2D eigenvalue weighted by atomic mass is 16.4. The van der Waals surface area contributed by atoms with Gasteiger partial charge < -0.3 is 15.3 Å². The SMILES string of the molecule is CC1CN(C)CCC1NC(=O)CC1(CC(=O)O)CCCC1. The molecule has 2 fully saturated rings. The van der Waals surface area contributed by atoms with Gasteiger partial charge in [0.25, 0.3) is 0 Å². The Kier molecular flexibility index (Phi) is 5.25. The molecule has 0 aromatic rings. The summed E-state index contributed by atoms with van der Waals surface area (Å²) >= 11 is 0. The normalized spacial score (nSPS) is 29.2. The van der Waals surface area contributed by atoms with Gasteiger partial charge in [0.15, 0.2) is 0 Å². The molecule has 1 saturated heterocycles. The third kappa shape index (κ3) is 4.43. The zero-order chi connectivity index (χ0) is 15.5. The number of hydrogen-bond acceptors (Lipinski definition) is 3. The van der Waals surface area contributed by atoms with Crippen molar-refractivity contribution >= 4 is 11.9 Å². The van der Waals surface area contributed by atoms with Gasteiger partial charge >= 0.3 is 5.97 Å². The standard InChI is InChI=1S/C16H28N2O3/c1-12-11-18(2)8-5-13(12)17-14(19)9-16(10-15(20)21)6-3-4-7-16/h12-13H,3-11H2,1-2H3,(H,17,19)(H,20,21). The van der Waals surface area contributed by atoms with E-state index in [-0.39, 0.29) is 23.8 Å². The molecule has 2 aliphatic rings. The Hall–Kier alpha value is -1.10. The number of amides is 1. The topological polar surface area (TPSA) is 69.6 Å². The highest BCUT2D eigenvalue weighted by Crippen LogP contribution is 2.44. The molecule has 1 saturated carbocycles. The van der Waals surface area contributed by atoms with Crippen LogP contribution >= 0.6 is 0 Å². The third-order valence-electron chi connectivity index (χ3n) is 5.18. The molecule has 2 unspecified atom stereocenters. The molecule has 5 heteroatoms. The van der Waals surface area contributed by atoms with Crippen LogP contribution in [0.4, 0.5) is 0 Å². The molecular formula is C16H28N2O3. The number of carbonyl (C=O) groups is 2. The number of rotatable bonds is 5. The lowest BCUT2D eigenvalue weighted by Crippen LogP contribution is -2.49. The van der Waals surface area contributed by atoms with Crippen LogP contribution in [-0.2, 0) is 9.59 Å². The molecule has 1 aliphatic heterocycles. The number of aliphatic carboxylic acids is 1.